The maximum absolute atomic E-state index is 11.7. The maximum atomic E-state index is 11.7. The van der Waals surface area contributed by atoms with Crippen molar-refractivity contribution in [1.29, 1.82) is 0 Å². The quantitative estimate of drug-likeness (QED) is 0.681. The minimum Gasteiger partial charge on any atom is -0.349 e. The molecule has 0 saturated heterocycles. The average Bonchev–Trinajstić information content (AvgIpc) is 1.96. The number of hydrogen-bond donors (Lipinski definition) is 2. The van der Waals surface area contributed by atoms with Crippen LogP contribution in [0.1, 0.15) is 19.3 Å². The van der Waals surface area contributed by atoms with Crippen LogP contribution in [-0.2, 0) is 4.79 Å². The first-order chi connectivity index (χ1) is 6.11. The summed E-state index contributed by atoms with van der Waals surface area (Å²) in [5, 5.41) is 2.12. The van der Waals surface area contributed by atoms with E-state index in [1.54, 1.807) is 0 Å². The lowest BCUT2D eigenvalue weighted by atomic mass is 9.80. The van der Waals surface area contributed by atoms with Crippen LogP contribution in [0.4, 0.5) is 8.78 Å². The van der Waals surface area contributed by atoms with Crippen molar-refractivity contribution in [3.63, 3.8) is 0 Å². The molecule has 0 aromatic rings. The van der Waals surface area contributed by atoms with Crippen LogP contribution in [0, 0.1) is 5.92 Å². The molecule has 3 N–H and O–H groups in total. The Bertz CT molecular complexity index is 183. The highest BCUT2D eigenvalue weighted by Gasteiger charge is 2.29. The number of nitrogens with two attached hydrogens (primary N) is 1. The SMILES string of the molecule is N[C@@H](C(=O)NCC(F)F)C1CCC1. The number of nitrogens with one attached hydrogen (secondary N) is 1. The van der Waals surface area contributed by atoms with E-state index in [1.807, 2.05) is 0 Å². The van der Waals surface area contributed by atoms with Gasteiger partial charge in [-0.1, -0.05) is 6.42 Å². The van der Waals surface area contributed by atoms with E-state index in [9.17, 15) is 13.6 Å². The summed E-state index contributed by atoms with van der Waals surface area (Å²) < 4.78 is 23.4. The second-order valence-electron chi connectivity index (χ2n) is 3.35. The Hall–Kier alpha value is -0.710. The van der Waals surface area contributed by atoms with Gasteiger partial charge in [-0.05, 0) is 18.8 Å². The highest BCUT2D eigenvalue weighted by atomic mass is 19.3. The number of hydrogen-bond acceptors (Lipinski definition) is 2. The summed E-state index contributed by atoms with van der Waals surface area (Å²) in [7, 11) is 0. The topological polar surface area (TPSA) is 55.1 Å². The van der Waals surface area contributed by atoms with Crippen molar-refractivity contribution in [2.24, 2.45) is 11.7 Å². The lowest BCUT2D eigenvalue weighted by molar-refractivity contribution is -0.124. The number of carbonyl (C=O) groups is 1. The van der Waals surface area contributed by atoms with Gasteiger partial charge < -0.3 is 11.1 Å². The molecule has 0 spiro atoms. The molecule has 13 heavy (non-hydrogen) atoms. The summed E-state index contributed by atoms with van der Waals surface area (Å²) in [5.41, 5.74) is 5.55. The molecule has 0 radical (unpaired) electrons. The number of carbonyl (C=O) groups excluding carboxylic acids is 1. The fraction of sp³-hybridized carbons (Fsp3) is 0.875. The van der Waals surface area contributed by atoms with E-state index in [0.717, 1.165) is 19.3 Å². The van der Waals surface area contributed by atoms with Crippen LogP contribution in [-0.4, -0.2) is 24.9 Å². The third-order valence-corrected chi connectivity index (χ3v) is 2.39. The smallest absolute Gasteiger partial charge is 0.255 e. The first kappa shape index (κ1) is 10.4. The van der Waals surface area contributed by atoms with Crippen LogP contribution in [0.5, 0.6) is 0 Å². The van der Waals surface area contributed by atoms with Crippen molar-refractivity contribution in [2.45, 2.75) is 31.7 Å². The highest BCUT2D eigenvalue weighted by molar-refractivity contribution is 5.81. The monoisotopic (exact) mass is 192 g/mol. The number of halogens is 2. The zero-order valence-electron chi connectivity index (χ0n) is 7.30. The van der Waals surface area contributed by atoms with Crippen molar-refractivity contribution in [3.8, 4) is 0 Å². The zero-order chi connectivity index (χ0) is 9.84. The average molecular weight is 192 g/mol. The van der Waals surface area contributed by atoms with Crippen molar-refractivity contribution in [1.82, 2.24) is 5.32 Å². The van der Waals surface area contributed by atoms with Gasteiger partial charge in [-0.3, -0.25) is 4.79 Å². The van der Waals surface area contributed by atoms with E-state index in [-0.39, 0.29) is 5.92 Å². The Morgan fingerprint density at radius 3 is 2.54 bits per heavy atom. The minimum absolute atomic E-state index is 0.192. The van der Waals surface area contributed by atoms with E-state index < -0.39 is 24.9 Å². The molecule has 3 nitrogen and oxygen atoms in total. The Kier molecular flexibility index (Phi) is 3.59. The van der Waals surface area contributed by atoms with Crippen molar-refractivity contribution < 1.29 is 13.6 Å². The molecule has 5 heteroatoms. The van der Waals surface area contributed by atoms with E-state index >= 15 is 0 Å². The van der Waals surface area contributed by atoms with E-state index in [1.165, 1.54) is 0 Å². The van der Waals surface area contributed by atoms with Gasteiger partial charge in [-0.2, -0.15) is 0 Å². The lowest BCUT2D eigenvalue weighted by Gasteiger charge is -2.30. The first-order valence-corrected chi connectivity index (χ1v) is 4.42. The summed E-state index contributed by atoms with van der Waals surface area (Å²) in [6.45, 7) is -0.598. The largest absolute Gasteiger partial charge is 0.349 e. The Labute approximate surface area is 75.7 Å². The highest BCUT2D eigenvalue weighted by Crippen LogP contribution is 2.28. The standard InChI is InChI=1S/C8H14F2N2O/c9-6(10)4-12-8(13)7(11)5-2-1-3-5/h5-7H,1-4,11H2,(H,12,13)/t7-/m1/s1. The van der Waals surface area contributed by atoms with E-state index in [2.05, 4.69) is 5.32 Å². The second kappa shape index (κ2) is 4.50. The van der Waals surface area contributed by atoms with Crippen molar-refractivity contribution in [3.05, 3.63) is 0 Å². The predicted octanol–water partition coefficient (Wildman–Crippen LogP) is 0.495. The maximum Gasteiger partial charge on any atom is 0.255 e. The third kappa shape index (κ3) is 2.91. The number of alkyl halides is 2. The summed E-state index contributed by atoms with van der Waals surface area (Å²) in [4.78, 5) is 11.1. The van der Waals surface area contributed by atoms with Gasteiger partial charge in [0.05, 0.1) is 12.6 Å². The summed E-state index contributed by atoms with van der Waals surface area (Å²) >= 11 is 0. The molecule has 1 aliphatic rings. The first-order valence-electron chi connectivity index (χ1n) is 4.42. The molecule has 1 amide bonds. The van der Waals surface area contributed by atoms with Crippen LogP contribution in [0.25, 0.3) is 0 Å². The fourth-order valence-electron chi connectivity index (χ4n) is 1.31. The van der Waals surface area contributed by atoms with Gasteiger partial charge in [-0.25, -0.2) is 8.78 Å². The molecule has 0 unspecified atom stereocenters. The Morgan fingerprint density at radius 2 is 2.15 bits per heavy atom. The van der Waals surface area contributed by atoms with E-state index in [0.29, 0.717) is 0 Å². The summed E-state index contributed by atoms with van der Waals surface area (Å²) in [5.74, 6) is -0.261. The molecule has 0 aliphatic heterocycles. The molecular formula is C8H14F2N2O. The molecular weight excluding hydrogens is 178 g/mol. The second-order valence-corrected chi connectivity index (χ2v) is 3.35. The summed E-state index contributed by atoms with van der Waals surface area (Å²) in [6, 6.07) is -0.604. The van der Waals surface area contributed by atoms with Gasteiger partial charge in [0.1, 0.15) is 0 Å². The van der Waals surface area contributed by atoms with Gasteiger partial charge in [-0.15, -0.1) is 0 Å². The third-order valence-electron chi connectivity index (χ3n) is 2.39. The van der Waals surface area contributed by atoms with Gasteiger partial charge in [0.25, 0.3) is 6.43 Å². The van der Waals surface area contributed by atoms with Crippen LogP contribution in [0.15, 0.2) is 0 Å². The molecule has 76 valence electrons. The van der Waals surface area contributed by atoms with Gasteiger partial charge in [0.15, 0.2) is 0 Å². The molecule has 1 saturated carbocycles. The molecule has 1 rings (SSSR count). The molecule has 0 bridgehead atoms. The molecule has 1 atom stereocenters. The Morgan fingerprint density at radius 1 is 1.54 bits per heavy atom. The van der Waals surface area contributed by atoms with Gasteiger partial charge in [0, 0.05) is 0 Å². The van der Waals surface area contributed by atoms with E-state index in [4.69, 9.17) is 5.73 Å². The number of rotatable bonds is 4. The number of amides is 1. The van der Waals surface area contributed by atoms with Gasteiger partial charge in [0.2, 0.25) is 5.91 Å². The van der Waals surface area contributed by atoms with Crippen LogP contribution >= 0.6 is 0 Å². The molecule has 0 heterocycles. The normalized spacial score (nSPS) is 19.7. The molecule has 1 aliphatic carbocycles. The minimum atomic E-state index is -2.50. The molecule has 0 aromatic heterocycles. The van der Waals surface area contributed by atoms with Crippen LogP contribution in [0.3, 0.4) is 0 Å². The zero-order valence-corrected chi connectivity index (χ0v) is 7.30. The van der Waals surface area contributed by atoms with Crippen LogP contribution < -0.4 is 11.1 Å². The van der Waals surface area contributed by atoms with Crippen LogP contribution in [0.2, 0.25) is 0 Å². The molecule has 0 aromatic carbocycles. The van der Waals surface area contributed by atoms with Crippen molar-refractivity contribution in [2.75, 3.05) is 6.54 Å². The van der Waals surface area contributed by atoms with Crippen molar-refractivity contribution >= 4 is 5.91 Å². The molecule has 1 fully saturated rings. The fourth-order valence-corrected chi connectivity index (χ4v) is 1.31. The lowest BCUT2D eigenvalue weighted by Crippen LogP contribution is -2.48. The predicted molar refractivity (Wildman–Crippen MR) is 44.3 cm³/mol. The van der Waals surface area contributed by atoms with Gasteiger partial charge >= 0.3 is 0 Å². The Balaban J connectivity index is 2.21. The summed E-state index contributed by atoms with van der Waals surface area (Å²) in [6.07, 6.45) is 0.449.